The van der Waals surface area contributed by atoms with Crippen LogP contribution >= 0.6 is 22.9 Å². The summed E-state index contributed by atoms with van der Waals surface area (Å²) < 4.78 is 0.779. The Morgan fingerprint density at radius 2 is 1.89 bits per heavy atom. The van der Waals surface area contributed by atoms with Crippen LogP contribution in [-0.2, 0) is 6.42 Å². The second-order valence-corrected chi connectivity index (χ2v) is 6.67. The van der Waals surface area contributed by atoms with Gasteiger partial charge in [-0.15, -0.1) is 11.3 Å². The van der Waals surface area contributed by atoms with Crippen LogP contribution in [0.4, 0.5) is 0 Å². The lowest BCUT2D eigenvalue weighted by Gasteiger charge is -2.10. The van der Waals surface area contributed by atoms with Gasteiger partial charge in [0.1, 0.15) is 0 Å². The highest BCUT2D eigenvalue weighted by Gasteiger charge is 2.23. The van der Waals surface area contributed by atoms with Crippen molar-refractivity contribution >= 4 is 22.9 Å². The minimum Gasteiger partial charge on any atom is -0.388 e. The van der Waals surface area contributed by atoms with Gasteiger partial charge in [0.25, 0.3) is 0 Å². The van der Waals surface area contributed by atoms with Gasteiger partial charge in [-0.3, -0.25) is 0 Å². The second kappa shape index (κ2) is 5.04. The Hall–Kier alpha value is -0.830. The SMILES string of the molecule is OC(Cc1ccc(Cl)s1)c1ccc(C2CC2)cc1. The van der Waals surface area contributed by atoms with Crippen LogP contribution < -0.4 is 0 Å². The average molecular weight is 279 g/mol. The summed E-state index contributed by atoms with van der Waals surface area (Å²) >= 11 is 7.42. The molecule has 3 heteroatoms. The molecular weight excluding hydrogens is 264 g/mol. The van der Waals surface area contributed by atoms with Gasteiger partial charge in [0, 0.05) is 11.3 Å². The minimum absolute atomic E-state index is 0.437. The van der Waals surface area contributed by atoms with Gasteiger partial charge in [0.15, 0.2) is 0 Å². The lowest BCUT2D eigenvalue weighted by atomic mass is 10.0. The van der Waals surface area contributed by atoms with Crippen LogP contribution in [0.15, 0.2) is 36.4 Å². The lowest BCUT2D eigenvalue weighted by molar-refractivity contribution is 0.179. The zero-order valence-electron chi connectivity index (χ0n) is 9.97. The molecule has 1 aromatic heterocycles. The zero-order valence-corrected chi connectivity index (χ0v) is 11.5. The quantitative estimate of drug-likeness (QED) is 0.869. The number of rotatable bonds is 4. The van der Waals surface area contributed by atoms with E-state index < -0.39 is 6.10 Å². The summed E-state index contributed by atoms with van der Waals surface area (Å²) in [6.45, 7) is 0. The van der Waals surface area contributed by atoms with Gasteiger partial charge >= 0.3 is 0 Å². The van der Waals surface area contributed by atoms with E-state index in [-0.39, 0.29) is 0 Å². The molecule has 1 nitrogen and oxygen atoms in total. The van der Waals surface area contributed by atoms with Crippen LogP contribution in [-0.4, -0.2) is 5.11 Å². The van der Waals surface area contributed by atoms with E-state index in [9.17, 15) is 5.11 Å². The molecule has 18 heavy (non-hydrogen) atoms. The molecule has 1 saturated carbocycles. The summed E-state index contributed by atoms with van der Waals surface area (Å²) in [6.07, 6.45) is 2.83. The molecule has 0 radical (unpaired) electrons. The number of halogens is 1. The number of benzene rings is 1. The first-order valence-electron chi connectivity index (χ1n) is 6.24. The van der Waals surface area contributed by atoms with Crippen molar-refractivity contribution in [1.82, 2.24) is 0 Å². The minimum atomic E-state index is -0.437. The molecule has 2 aromatic rings. The fraction of sp³-hybridized carbons (Fsp3) is 0.333. The Balaban J connectivity index is 1.69. The Morgan fingerprint density at radius 1 is 1.17 bits per heavy atom. The molecule has 1 fully saturated rings. The number of aliphatic hydroxyl groups excluding tert-OH is 1. The third kappa shape index (κ3) is 2.77. The summed E-state index contributed by atoms with van der Waals surface area (Å²) in [5.41, 5.74) is 2.40. The van der Waals surface area contributed by atoms with Crippen molar-refractivity contribution in [3.8, 4) is 0 Å². The van der Waals surface area contributed by atoms with E-state index in [1.165, 1.54) is 29.7 Å². The van der Waals surface area contributed by atoms with E-state index in [4.69, 9.17) is 11.6 Å². The van der Waals surface area contributed by atoms with Gasteiger partial charge < -0.3 is 5.11 Å². The molecule has 3 rings (SSSR count). The predicted octanol–water partition coefficient (Wildman–Crippen LogP) is 4.56. The van der Waals surface area contributed by atoms with Crippen LogP contribution in [0, 0.1) is 0 Å². The Labute approximate surface area is 116 Å². The maximum atomic E-state index is 10.2. The van der Waals surface area contributed by atoms with Crippen molar-refractivity contribution < 1.29 is 5.11 Å². The second-order valence-electron chi connectivity index (χ2n) is 4.87. The summed E-state index contributed by atoms with van der Waals surface area (Å²) in [6, 6.07) is 12.3. The largest absolute Gasteiger partial charge is 0.388 e. The Bertz CT molecular complexity index is 528. The molecular formula is C15H15ClOS. The fourth-order valence-corrected chi connectivity index (χ4v) is 3.30. The summed E-state index contributed by atoms with van der Waals surface area (Å²) in [7, 11) is 0. The molecule has 1 unspecified atom stereocenters. The first-order chi connectivity index (χ1) is 8.72. The van der Waals surface area contributed by atoms with Crippen molar-refractivity contribution in [2.75, 3.05) is 0 Å². The maximum Gasteiger partial charge on any atom is 0.0931 e. The average Bonchev–Trinajstić information content (AvgIpc) is 3.14. The summed E-state index contributed by atoms with van der Waals surface area (Å²) in [5.74, 6) is 0.771. The van der Waals surface area contributed by atoms with Crippen molar-refractivity contribution in [3.05, 3.63) is 56.7 Å². The maximum absolute atomic E-state index is 10.2. The lowest BCUT2D eigenvalue weighted by Crippen LogP contribution is -2.00. The summed E-state index contributed by atoms with van der Waals surface area (Å²) in [5, 5.41) is 10.2. The molecule has 1 aliphatic carbocycles. The van der Waals surface area contributed by atoms with Crippen LogP contribution in [0.1, 0.15) is 40.9 Å². The van der Waals surface area contributed by atoms with Crippen LogP contribution in [0.5, 0.6) is 0 Å². The van der Waals surface area contributed by atoms with Crippen molar-refractivity contribution in [2.45, 2.75) is 31.3 Å². The van der Waals surface area contributed by atoms with E-state index in [0.717, 1.165) is 20.7 Å². The first-order valence-corrected chi connectivity index (χ1v) is 7.44. The fourth-order valence-electron chi connectivity index (χ4n) is 2.18. The molecule has 0 amide bonds. The normalized spacial score (nSPS) is 16.8. The number of aliphatic hydroxyl groups is 1. The molecule has 0 aliphatic heterocycles. The molecule has 1 aromatic carbocycles. The highest BCUT2D eigenvalue weighted by molar-refractivity contribution is 7.16. The highest BCUT2D eigenvalue weighted by Crippen LogP contribution is 2.40. The molecule has 1 N–H and O–H groups in total. The van der Waals surface area contributed by atoms with Gasteiger partial charge in [-0.25, -0.2) is 0 Å². The molecule has 0 saturated heterocycles. The van der Waals surface area contributed by atoms with E-state index in [0.29, 0.717) is 6.42 Å². The third-order valence-corrected chi connectivity index (χ3v) is 4.65. The van der Waals surface area contributed by atoms with E-state index in [2.05, 4.69) is 12.1 Å². The third-order valence-electron chi connectivity index (χ3n) is 3.39. The molecule has 0 bridgehead atoms. The molecule has 1 heterocycles. The van der Waals surface area contributed by atoms with Crippen molar-refractivity contribution in [1.29, 1.82) is 0 Å². The smallest absolute Gasteiger partial charge is 0.0931 e. The monoisotopic (exact) mass is 278 g/mol. The first kappa shape index (κ1) is 12.2. The Morgan fingerprint density at radius 3 is 2.44 bits per heavy atom. The van der Waals surface area contributed by atoms with Crippen LogP contribution in [0.3, 0.4) is 0 Å². The standard InChI is InChI=1S/C15H15ClOS/c16-15-8-7-13(18-15)9-14(17)12-5-3-11(4-6-12)10-1-2-10/h3-8,10,14,17H,1-2,9H2. The van der Waals surface area contributed by atoms with Crippen LogP contribution in [0.2, 0.25) is 4.34 Å². The predicted molar refractivity (Wildman–Crippen MR) is 76.4 cm³/mol. The molecule has 0 spiro atoms. The topological polar surface area (TPSA) is 20.2 Å². The zero-order chi connectivity index (χ0) is 12.5. The van der Waals surface area contributed by atoms with Crippen LogP contribution in [0.25, 0.3) is 0 Å². The number of hydrogen-bond acceptors (Lipinski definition) is 2. The van der Waals surface area contributed by atoms with Gasteiger partial charge in [0.05, 0.1) is 10.4 Å². The van der Waals surface area contributed by atoms with Gasteiger partial charge in [-0.2, -0.15) is 0 Å². The molecule has 1 atom stereocenters. The highest BCUT2D eigenvalue weighted by atomic mass is 35.5. The van der Waals surface area contributed by atoms with E-state index in [1.54, 1.807) is 0 Å². The van der Waals surface area contributed by atoms with Gasteiger partial charge in [-0.1, -0.05) is 35.9 Å². The van der Waals surface area contributed by atoms with Crippen molar-refractivity contribution in [3.63, 3.8) is 0 Å². The molecule has 94 valence electrons. The van der Waals surface area contributed by atoms with E-state index >= 15 is 0 Å². The summed E-state index contributed by atoms with van der Waals surface area (Å²) in [4.78, 5) is 1.12. The molecule has 1 aliphatic rings. The van der Waals surface area contributed by atoms with Gasteiger partial charge in [0.2, 0.25) is 0 Å². The number of hydrogen-bond donors (Lipinski definition) is 1. The van der Waals surface area contributed by atoms with Crippen molar-refractivity contribution in [2.24, 2.45) is 0 Å². The Kier molecular flexibility index (Phi) is 3.42. The van der Waals surface area contributed by atoms with E-state index in [1.807, 2.05) is 24.3 Å². The van der Waals surface area contributed by atoms with Gasteiger partial charge in [-0.05, 0) is 42.0 Å². The number of thiophene rings is 1.